The van der Waals surface area contributed by atoms with Crippen molar-refractivity contribution in [3.05, 3.63) is 22.4 Å². The van der Waals surface area contributed by atoms with Crippen molar-refractivity contribution in [1.82, 2.24) is 10.2 Å². The number of amides is 1. The molecular formula is C16H26N2OS. The van der Waals surface area contributed by atoms with Crippen LogP contribution in [0, 0.1) is 17.8 Å². The van der Waals surface area contributed by atoms with E-state index in [0.717, 1.165) is 6.54 Å². The maximum atomic E-state index is 12.7. The number of rotatable bonds is 5. The minimum atomic E-state index is -0.0542. The van der Waals surface area contributed by atoms with E-state index in [9.17, 15) is 4.79 Å². The van der Waals surface area contributed by atoms with Gasteiger partial charge in [-0.25, -0.2) is 0 Å². The fourth-order valence-corrected chi connectivity index (χ4v) is 3.31. The molecule has 1 fully saturated rings. The van der Waals surface area contributed by atoms with Gasteiger partial charge in [0.25, 0.3) is 0 Å². The van der Waals surface area contributed by atoms with Crippen LogP contribution in [-0.2, 0) is 4.79 Å². The quantitative estimate of drug-likeness (QED) is 0.901. The Bertz CT molecular complexity index is 441. The van der Waals surface area contributed by atoms with Crippen LogP contribution < -0.4 is 5.32 Å². The predicted molar refractivity (Wildman–Crippen MR) is 84.5 cm³/mol. The predicted octanol–water partition coefficient (Wildman–Crippen LogP) is 3.50. The number of carbonyl (C=O) groups is 1. The van der Waals surface area contributed by atoms with Gasteiger partial charge in [-0.2, -0.15) is 0 Å². The first-order chi connectivity index (χ1) is 9.41. The highest BCUT2D eigenvalue weighted by Crippen LogP contribution is 2.32. The molecule has 0 radical (unpaired) electrons. The molecule has 0 saturated carbocycles. The molecule has 0 spiro atoms. The van der Waals surface area contributed by atoms with Crippen molar-refractivity contribution in [2.45, 2.75) is 46.8 Å². The van der Waals surface area contributed by atoms with Crippen molar-refractivity contribution in [3.8, 4) is 0 Å². The largest absolute Gasteiger partial charge is 0.320 e. The Morgan fingerprint density at radius 1 is 1.30 bits per heavy atom. The normalized spacial score (nSPS) is 24.9. The summed E-state index contributed by atoms with van der Waals surface area (Å²) in [6, 6.07) is 4.12. The molecule has 20 heavy (non-hydrogen) atoms. The summed E-state index contributed by atoms with van der Waals surface area (Å²) in [5, 5.41) is 5.60. The number of thiophene rings is 1. The summed E-state index contributed by atoms with van der Waals surface area (Å²) in [4.78, 5) is 16.0. The molecule has 1 saturated heterocycles. The molecule has 4 heteroatoms. The first kappa shape index (κ1) is 15.5. The average molecular weight is 294 g/mol. The standard InChI is InChI=1S/C16H26N2OS/c1-10(2)12(5)9-18-15(13-7-6-8-20-13)17-14(11(3)4)16(18)19/h6-8,10-12,14-15,17H,9H2,1-5H3. The third-order valence-electron chi connectivity index (χ3n) is 4.30. The van der Waals surface area contributed by atoms with Crippen molar-refractivity contribution >= 4 is 17.2 Å². The SMILES string of the molecule is CC(C)C(C)CN1C(=O)C(C(C)C)NC1c1cccs1. The lowest BCUT2D eigenvalue weighted by atomic mass is 9.97. The van der Waals surface area contributed by atoms with Gasteiger partial charge in [0.15, 0.2) is 0 Å². The lowest BCUT2D eigenvalue weighted by Crippen LogP contribution is -2.37. The maximum Gasteiger partial charge on any atom is 0.241 e. The van der Waals surface area contributed by atoms with Crippen LogP contribution in [0.4, 0.5) is 0 Å². The summed E-state index contributed by atoms with van der Waals surface area (Å²) in [5.41, 5.74) is 0. The molecule has 1 aliphatic heterocycles. The highest BCUT2D eigenvalue weighted by atomic mass is 32.1. The summed E-state index contributed by atoms with van der Waals surface area (Å²) in [5.74, 6) is 1.68. The van der Waals surface area contributed by atoms with Gasteiger partial charge >= 0.3 is 0 Å². The van der Waals surface area contributed by atoms with Crippen LogP contribution in [0.1, 0.15) is 45.7 Å². The van der Waals surface area contributed by atoms with Gasteiger partial charge in [-0.3, -0.25) is 10.1 Å². The van der Waals surface area contributed by atoms with Crippen molar-refractivity contribution in [1.29, 1.82) is 0 Å². The number of carbonyl (C=O) groups excluding carboxylic acids is 1. The Morgan fingerprint density at radius 2 is 2.00 bits per heavy atom. The number of nitrogens with one attached hydrogen (secondary N) is 1. The van der Waals surface area contributed by atoms with Crippen LogP contribution in [0.5, 0.6) is 0 Å². The molecule has 1 aromatic heterocycles. The first-order valence-corrected chi connectivity index (χ1v) is 8.39. The molecule has 1 amide bonds. The van der Waals surface area contributed by atoms with Crippen LogP contribution in [-0.4, -0.2) is 23.4 Å². The van der Waals surface area contributed by atoms with E-state index in [2.05, 4.69) is 57.4 Å². The Labute approximate surface area is 126 Å². The minimum Gasteiger partial charge on any atom is -0.320 e. The smallest absolute Gasteiger partial charge is 0.241 e. The van der Waals surface area contributed by atoms with Gasteiger partial charge in [-0.15, -0.1) is 11.3 Å². The maximum absolute atomic E-state index is 12.7. The summed E-state index contributed by atoms with van der Waals surface area (Å²) >= 11 is 1.72. The summed E-state index contributed by atoms with van der Waals surface area (Å²) in [7, 11) is 0. The average Bonchev–Trinajstić information content (AvgIpc) is 2.98. The van der Waals surface area contributed by atoms with Gasteiger partial charge in [0.2, 0.25) is 5.91 Å². The van der Waals surface area contributed by atoms with Crippen LogP contribution >= 0.6 is 11.3 Å². The second-order valence-electron chi connectivity index (χ2n) is 6.52. The van der Waals surface area contributed by atoms with Gasteiger partial charge in [0.1, 0.15) is 6.17 Å². The van der Waals surface area contributed by atoms with Crippen LogP contribution in [0.25, 0.3) is 0 Å². The molecule has 3 nitrogen and oxygen atoms in total. The zero-order chi connectivity index (χ0) is 14.9. The fraction of sp³-hybridized carbons (Fsp3) is 0.688. The second-order valence-corrected chi connectivity index (χ2v) is 7.50. The highest BCUT2D eigenvalue weighted by molar-refractivity contribution is 7.10. The molecule has 1 aliphatic rings. The summed E-state index contributed by atoms with van der Waals surface area (Å²) in [6.07, 6.45) is 0.0519. The molecule has 0 aliphatic carbocycles. The topological polar surface area (TPSA) is 32.3 Å². The van der Waals surface area contributed by atoms with E-state index in [4.69, 9.17) is 0 Å². The molecule has 3 unspecified atom stereocenters. The molecule has 2 heterocycles. The molecule has 0 bridgehead atoms. The highest BCUT2D eigenvalue weighted by Gasteiger charge is 2.41. The summed E-state index contributed by atoms with van der Waals surface area (Å²) < 4.78 is 0. The molecule has 1 aromatic rings. The number of hydrogen-bond acceptors (Lipinski definition) is 3. The third kappa shape index (κ3) is 3.07. The summed E-state index contributed by atoms with van der Waals surface area (Å²) in [6.45, 7) is 11.7. The van der Waals surface area contributed by atoms with Crippen LogP contribution in [0.15, 0.2) is 17.5 Å². The van der Waals surface area contributed by atoms with Crippen LogP contribution in [0.2, 0.25) is 0 Å². The van der Waals surface area contributed by atoms with Gasteiger partial charge in [0, 0.05) is 11.4 Å². The second kappa shape index (κ2) is 6.27. The third-order valence-corrected chi connectivity index (χ3v) is 5.23. The Hall–Kier alpha value is -0.870. The van der Waals surface area contributed by atoms with Crippen molar-refractivity contribution < 1.29 is 4.79 Å². The molecule has 1 N–H and O–H groups in total. The monoisotopic (exact) mass is 294 g/mol. The van der Waals surface area contributed by atoms with E-state index >= 15 is 0 Å². The van der Waals surface area contributed by atoms with E-state index in [1.54, 1.807) is 11.3 Å². The molecule has 0 aromatic carbocycles. The van der Waals surface area contributed by atoms with E-state index < -0.39 is 0 Å². The van der Waals surface area contributed by atoms with E-state index in [0.29, 0.717) is 17.8 Å². The molecule has 3 atom stereocenters. The molecule has 112 valence electrons. The van der Waals surface area contributed by atoms with E-state index in [-0.39, 0.29) is 18.1 Å². The minimum absolute atomic E-state index is 0.0519. The Morgan fingerprint density at radius 3 is 2.50 bits per heavy atom. The first-order valence-electron chi connectivity index (χ1n) is 7.51. The van der Waals surface area contributed by atoms with Crippen molar-refractivity contribution in [2.75, 3.05) is 6.54 Å². The number of hydrogen-bond donors (Lipinski definition) is 1. The van der Waals surface area contributed by atoms with Gasteiger partial charge in [0.05, 0.1) is 6.04 Å². The fourth-order valence-electron chi connectivity index (χ4n) is 2.51. The Kier molecular flexibility index (Phi) is 4.86. The van der Waals surface area contributed by atoms with Crippen LogP contribution in [0.3, 0.4) is 0 Å². The Balaban J connectivity index is 2.21. The zero-order valence-electron chi connectivity index (χ0n) is 13.1. The van der Waals surface area contributed by atoms with Crippen molar-refractivity contribution in [3.63, 3.8) is 0 Å². The zero-order valence-corrected chi connectivity index (χ0v) is 13.9. The number of nitrogens with zero attached hydrogens (tertiary/aromatic N) is 1. The lowest BCUT2D eigenvalue weighted by Gasteiger charge is -2.28. The van der Waals surface area contributed by atoms with Gasteiger partial charge in [-0.05, 0) is 29.2 Å². The van der Waals surface area contributed by atoms with E-state index in [1.807, 2.05) is 4.90 Å². The lowest BCUT2D eigenvalue weighted by molar-refractivity contribution is -0.131. The molecule has 2 rings (SSSR count). The van der Waals surface area contributed by atoms with Crippen molar-refractivity contribution in [2.24, 2.45) is 17.8 Å². The molecular weight excluding hydrogens is 268 g/mol. The van der Waals surface area contributed by atoms with E-state index in [1.165, 1.54) is 4.88 Å². The van der Waals surface area contributed by atoms with Gasteiger partial charge in [-0.1, -0.05) is 40.7 Å². The van der Waals surface area contributed by atoms with Gasteiger partial charge < -0.3 is 4.90 Å².